The molecule has 0 bridgehead atoms. The van der Waals surface area contributed by atoms with Crippen molar-refractivity contribution >= 4 is 34.6 Å². The van der Waals surface area contributed by atoms with Crippen LogP contribution in [0.5, 0.6) is 5.75 Å². The first-order valence-corrected chi connectivity index (χ1v) is 9.28. The van der Waals surface area contributed by atoms with Crippen LogP contribution in [0.3, 0.4) is 0 Å². The van der Waals surface area contributed by atoms with Crippen LogP contribution in [0.2, 0.25) is 5.02 Å². The van der Waals surface area contributed by atoms with Gasteiger partial charge in [-0.2, -0.15) is 0 Å². The second-order valence-electron chi connectivity index (χ2n) is 6.35. The Balaban J connectivity index is 1.56. The van der Waals surface area contributed by atoms with Crippen LogP contribution < -0.4 is 20.3 Å². The number of halogens is 1. The monoisotopic (exact) mass is 389 g/mol. The highest BCUT2D eigenvalue weighted by Crippen LogP contribution is 2.27. The molecule has 1 heterocycles. The average Bonchev–Trinajstić information content (AvgIpc) is 2.69. The van der Waals surface area contributed by atoms with E-state index in [4.69, 9.17) is 21.1 Å². The first-order valence-electron chi connectivity index (χ1n) is 8.90. The van der Waals surface area contributed by atoms with E-state index in [2.05, 4.69) is 15.5 Å². The Labute approximate surface area is 164 Å². The highest BCUT2D eigenvalue weighted by molar-refractivity contribution is 6.32. The fourth-order valence-electron chi connectivity index (χ4n) is 2.90. The molecule has 27 heavy (non-hydrogen) atoms. The lowest BCUT2D eigenvalue weighted by Gasteiger charge is -2.29. The van der Waals surface area contributed by atoms with E-state index in [1.165, 1.54) is 0 Å². The minimum atomic E-state index is -0.423. The lowest BCUT2D eigenvalue weighted by Crippen LogP contribution is -2.36. The normalized spacial score (nSPS) is 15.1. The summed E-state index contributed by atoms with van der Waals surface area (Å²) in [5, 5.41) is 6.56. The van der Waals surface area contributed by atoms with E-state index in [-0.39, 0.29) is 5.91 Å². The Morgan fingerprint density at radius 2 is 1.81 bits per heavy atom. The first kappa shape index (κ1) is 19.3. The molecule has 0 unspecified atom stereocenters. The molecule has 0 spiro atoms. The van der Waals surface area contributed by atoms with E-state index in [9.17, 15) is 4.79 Å². The zero-order valence-electron chi connectivity index (χ0n) is 15.5. The molecule has 7 heteroatoms. The molecule has 1 fully saturated rings. The Hall–Kier alpha value is -2.44. The molecule has 2 N–H and O–H groups in total. The zero-order chi connectivity index (χ0) is 19.2. The minimum Gasteiger partial charge on any atom is -0.495 e. The molecule has 144 valence electrons. The number of ether oxygens (including phenoxy) is 2. The fraction of sp³-hybridized carbons (Fsp3) is 0.350. The summed E-state index contributed by atoms with van der Waals surface area (Å²) in [7, 11) is 1.56. The summed E-state index contributed by atoms with van der Waals surface area (Å²) in [5.41, 5.74) is 2.65. The lowest BCUT2D eigenvalue weighted by molar-refractivity contribution is -0.116. The number of nitrogens with one attached hydrogen (secondary N) is 2. The van der Waals surface area contributed by atoms with Gasteiger partial charge in [-0.25, -0.2) is 0 Å². The molecule has 1 aliphatic heterocycles. The van der Waals surface area contributed by atoms with Crippen LogP contribution in [0.25, 0.3) is 0 Å². The van der Waals surface area contributed by atoms with Gasteiger partial charge in [0.1, 0.15) is 11.8 Å². The fourth-order valence-corrected chi connectivity index (χ4v) is 3.16. The van der Waals surface area contributed by atoms with Gasteiger partial charge in [0, 0.05) is 30.2 Å². The lowest BCUT2D eigenvalue weighted by atomic mass is 10.2. The van der Waals surface area contributed by atoms with Gasteiger partial charge in [0.15, 0.2) is 0 Å². The molecule has 2 aromatic rings. The van der Waals surface area contributed by atoms with Crippen LogP contribution in [-0.2, 0) is 9.53 Å². The van der Waals surface area contributed by atoms with Gasteiger partial charge in [-0.05, 0) is 49.4 Å². The second-order valence-corrected chi connectivity index (χ2v) is 6.76. The Kier molecular flexibility index (Phi) is 6.42. The summed E-state index contributed by atoms with van der Waals surface area (Å²) in [6.07, 6.45) is 0. The number of carbonyl (C=O) groups excluding carboxylic acids is 1. The van der Waals surface area contributed by atoms with Crippen molar-refractivity contribution in [1.29, 1.82) is 0 Å². The average molecular weight is 390 g/mol. The molecule has 1 saturated heterocycles. The van der Waals surface area contributed by atoms with Crippen LogP contribution in [0.4, 0.5) is 17.1 Å². The number of anilines is 3. The number of hydrogen-bond acceptors (Lipinski definition) is 5. The molecule has 6 nitrogen and oxygen atoms in total. The summed E-state index contributed by atoms with van der Waals surface area (Å²) >= 11 is 6.12. The Bertz CT molecular complexity index is 777. The van der Waals surface area contributed by atoms with Gasteiger partial charge in [-0.3, -0.25) is 4.79 Å². The van der Waals surface area contributed by atoms with Crippen LogP contribution in [0.1, 0.15) is 6.92 Å². The molecule has 1 amide bonds. The number of rotatable bonds is 6. The third kappa shape index (κ3) is 5.05. The second kappa shape index (κ2) is 8.97. The van der Waals surface area contributed by atoms with Gasteiger partial charge >= 0.3 is 0 Å². The standard InChI is InChI=1S/C20H24ClN3O3/c1-14(22-16-5-8-19(26-2)18(21)13-16)20(25)23-15-3-6-17(7-4-15)24-9-11-27-12-10-24/h3-8,13-14,22H,9-12H2,1-2H3,(H,23,25)/t14-/m1/s1. The number of morpholine rings is 1. The van der Waals surface area contributed by atoms with E-state index in [1.54, 1.807) is 26.2 Å². The largest absolute Gasteiger partial charge is 0.495 e. The van der Waals surface area contributed by atoms with Crippen molar-refractivity contribution in [2.45, 2.75) is 13.0 Å². The molecule has 0 aromatic heterocycles. The third-order valence-electron chi connectivity index (χ3n) is 4.44. The number of nitrogens with zero attached hydrogens (tertiary/aromatic N) is 1. The summed E-state index contributed by atoms with van der Waals surface area (Å²) in [4.78, 5) is 14.7. The molecule has 0 radical (unpaired) electrons. The van der Waals surface area contributed by atoms with E-state index >= 15 is 0 Å². The van der Waals surface area contributed by atoms with Gasteiger partial charge in [-0.1, -0.05) is 11.6 Å². The maximum Gasteiger partial charge on any atom is 0.246 e. The summed E-state index contributed by atoms with van der Waals surface area (Å²) < 4.78 is 10.5. The van der Waals surface area contributed by atoms with Crippen molar-refractivity contribution in [3.8, 4) is 5.75 Å². The zero-order valence-corrected chi connectivity index (χ0v) is 16.3. The van der Waals surface area contributed by atoms with E-state index in [0.717, 1.165) is 43.4 Å². The molecule has 1 atom stereocenters. The predicted molar refractivity (Wildman–Crippen MR) is 109 cm³/mol. The quantitative estimate of drug-likeness (QED) is 0.790. The molecule has 3 rings (SSSR count). The summed E-state index contributed by atoms with van der Waals surface area (Å²) in [6.45, 7) is 5.07. The molecule has 0 aliphatic carbocycles. The molecule has 0 saturated carbocycles. The van der Waals surface area contributed by atoms with Crippen molar-refractivity contribution < 1.29 is 14.3 Å². The molecular formula is C20H24ClN3O3. The van der Waals surface area contributed by atoms with Crippen molar-refractivity contribution in [2.75, 3.05) is 48.9 Å². The number of amides is 1. The van der Waals surface area contributed by atoms with Crippen LogP contribution in [0, 0.1) is 0 Å². The van der Waals surface area contributed by atoms with E-state index < -0.39 is 6.04 Å². The van der Waals surface area contributed by atoms with Gasteiger partial charge < -0.3 is 25.0 Å². The van der Waals surface area contributed by atoms with E-state index in [1.807, 2.05) is 30.3 Å². The summed E-state index contributed by atoms with van der Waals surface area (Å²) in [5.74, 6) is 0.473. The van der Waals surface area contributed by atoms with Crippen LogP contribution in [-0.4, -0.2) is 45.4 Å². The van der Waals surface area contributed by atoms with Crippen molar-refractivity contribution in [1.82, 2.24) is 0 Å². The highest BCUT2D eigenvalue weighted by Gasteiger charge is 2.15. The maximum atomic E-state index is 12.5. The Morgan fingerprint density at radius 1 is 1.15 bits per heavy atom. The number of benzene rings is 2. The van der Waals surface area contributed by atoms with E-state index in [0.29, 0.717) is 10.8 Å². The van der Waals surface area contributed by atoms with Gasteiger partial charge in [0.2, 0.25) is 5.91 Å². The molecular weight excluding hydrogens is 366 g/mol. The van der Waals surface area contributed by atoms with Crippen molar-refractivity contribution in [2.24, 2.45) is 0 Å². The smallest absolute Gasteiger partial charge is 0.246 e. The van der Waals surface area contributed by atoms with Gasteiger partial charge in [-0.15, -0.1) is 0 Å². The minimum absolute atomic E-state index is 0.124. The van der Waals surface area contributed by atoms with Crippen molar-refractivity contribution in [3.63, 3.8) is 0 Å². The number of carbonyl (C=O) groups is 1. The topological polar surface area (TPSA) is 62.8 Å². The van der Waals surface area contributed by atoms with Crippen LogP contribution in [0.15, 0.2) is 42.5 Å². The number of hydrogen-bond donors (Lipinski definition) is 2. The first-order chi connectivity index (χ1) is 13.1. The maximum absolute atomic E-state index is 12.5. The summed E-state index contributed by atoms with van der Waals surface area (Å²) in [6, 6.07) is 12.8. The Morgan fingerprint density at radius 3 is 2.44 bits per heavy atom. The van der Waals surface area contributed by atoms with Gasteiger partial charge in [0.05, 0.1) is 25.3 Å². The van der Waals surface area contributed by atoms with Crippen LogP contribution >= 0.6 is 11.6 Å². The van der Waals surface area contributed by atoms with Crippen molar-refractivity contribution in [3.05, 3.63) is 47.5 Å². The predicted octanol–water partition coefficient (Wildman–Crippen LogP) is 3.62. The van der Waals surface area contributed by atoms with Gasteiger partial charge in [0.25, 0.3) is 0 Å². The molecule has 2 aromatic carbocycles. The SMILES string of the molecule is COc1ccc(N[C@H](C)C(=O)Nc2ccc(N3CCOCC3)cc2)cc1Cl. The highest BCUT2D eigenvalue weighted by atomic mass is 35.5. The molecule has 1 aliphatic rings. The number of methoxy groups -OCH3 is 1. The third-order valence-corrected chi connectivity index (χ3v) is 4.73.